The summed E-state index contributed by atoms with van der Waals surface area (Å²) in [5.41, 5.74) is 1.25. The molecule has 2 rings (SSSR count). The lowest BCUT2D eigenvalue weighted by molar-refractivity contribution is -0.123. The fourth-order valence-corrected chi connectivity index (χ4v) is 3.79. The molecule has 0 radical (unpaired) electrons. The monoisotopic (exact) mass is 334 g/mol. The quantitative estimate of drug-likeness (QED) is 0.804. The molecule has 1 aliphatic carbocycles. The summed E-state index contributed by atoms with van der Waals surface area (Å²) >= 11 is 1.75. The van der Waals surface area contributed by atoms with Crippen LogP contribution in [0.2, 0.25) is 0 Å². The summed E-state index contributed by atoms with van der Waals surface area (Å²) in [7, 11) is 2.01. The van der Waals surface area contributed by atoms with Gasteiger partial charge in [-0.05, 0) is 49.3 Å². The summed E-state index contributed by atoms with van der Waals surface area (Å²) in [4.78, 5) is 15.7. The topological polar surface area (TPSA) is 32.3 Å². The zero-order valence-corrected chi connectivity index (χ0v) is 15.7. The predicted molar refractivity (Wildman–Crippen MR) is 98.7 cm³/mol. The summed E-state index contributed by atoms with van der Waals surface area (Å²) in [5, 5.41) is 3.25. The van der Waals surface area contributed by atoms with Gasteiger partial charge in [-0.3, -0.25) is 9.69 Å². The van der Waals surface area contributed by atoms with Gasteiger partial charge < -0.3 is 5.32 Å². The first-order valence-electron chi connectivity index (χ1n) is 8.60. The van der Waals surface area contributed by atoms with Crippen molar-refractivity contribution in [3.05, 3.63) is 29.8 Å². The van der Waals surface area contributed by atoms with Crippen molar-refractivity contribution < 1.29 is 4.79 Å². The molecule has 4 heteroatoms. The van der Waals surface area contributed by atoms with Crippen LogP contribution in [0.25, 0.3) is 0 Å². The Morgan fingerprint density at radius 1 is 1.26 bits per heavy atom. The maximum absolute atomic E-state index is 12.3. The van der Waals surface area contributed by atoms with Crippen molar-refractivity contribution in [2.45, 2.75) is 50.6 Å². The first kappa shape index (κ1) is 18.3. The van der Waals surface area contributed by atoms with Crippen molar-refractivity contribution in [1.82, 2.24) is 10.2 Å². The third-order valence-corrected chi connectivity index (χ3v) is 5.82. The Hall–Kier alpha value is -1.00. The summed E-state index contributed by atoms with van der Waals surface area (Å²) in [6.45, 7) is 5.83. The maximum Gasteiger partial charge on any atom is 0.234 e. The number of nitrogens with one attached hydrogen (secondary N) is 1. The van der Waals surface area contributed by atoms with Gasteiger partial charge >= 0.3 is 0 Å². The van der Waals surface area contributed by atoms with Crippen LogP contribution in [0.3, 0.4) is 0 Å². The number of thioether (sulfide) groups is 1. The van der Waals surface area contributed by atoms with Gasteiger partial charge in [0.1, 0.15) is 0 Å². The lowest BCUT2D eigenvalue weighted by atomic mass is 9.78. The third kappa shape index (κ3) is 5.54. The molecule has 1 aromatic carbocycles. The molecule has 3 nitrogen and oxygen atoms in total. The van der Waals surface area contributed by atoms with Crippen LogP contribution in [0.15, 0.2) is 29.2 Å². The molecule has 1 amide bonds. The molecule has 3 atom stereocenters. The highest BCUT2D eigenvalue weighted by atomic mass is 32.2. The van der Waals surface area contributed by atoms with E-state index >= 15 is 0 Å². The van der Waals surface area contributed by atoms with E-state index in [0.29, 0.717) is 24.4 Å². The van der Waals surface area contributed by atoms with Crippen LogP contribution in [-0.4, -0.2) is 36.7 Å². The number of nitrogens with zero attached hydrogens (tertiary/aromatic N) is 1. The number of likely N-dealkylation sites (N-methyl/N-ethyl adjacent to an activating group) is 1. The lowest BCUT2D eigenvalue weighted by Crippen LogP contribution is -2.46. The van der Waals surface area contributed by atoms with Gasteiger partial charge in [0, 0.05) is 17.5 Å². The molecule has 1 N–H and O–H groups in total. The van der Waals surface area contributed by atoms with Gasteiger partial charge in [0.2, 0.25) is 5.91 Å². The number of amides is 1. The van der Waals surface area contributed by atoms with Crippen LogP contribution < -0.4 is 5.32 Å². The molecule has 0 aromatic heterocycles. The highest BCUT2D eigenvalue weighted by molar-refractivity contribution is 7.98. The van der Waals surface area contributed by atoms with E-state index in [1.807, 2.05) is 7.05 Å². The highest BCUT2D eigenvalue weighted by Gasteiger charge is 2.28. The molecule has 0 unspecified atom stereocenters. The van der Waals surface area contributed by atoms with E-state index in [9.17, 15) is 4.79 Å². The number of benzene rings is 1. The Kier molecular flexibility index (Phi) is 6.97. The van der Waals surface area contributed by atoms with Crippen molar-refractivity contribution >= 4 is 17.7 Å². The summed E-state index contributed by atoms with van der Waals surface area (Å²) in [6.07, 6.45) is 5.73. The molecular weight excluding hydrogens is 304 g/mol. The number of carbonyl (C=O) groups excluding carboxylic acids is 1. The van der Waals surface area contributed by atoms with E-state index in [1.165, 1.54) is 23.3 Å². The second-order valence-corrected chi connectivity index (χ2v) is 7.84. The normalized spacial score (nSPS) is 24.7. The molecule has 1 aromatic rings. The van der Waals surface area contributed by atoms with Gasteiger partial charge in [-0.25, -0.2) is 0 Å². The molecule has 0 heterocycles. The zero-order chi connectivity index (χ0) is 16.8. The highest BCUT2D eigenvalue weighted by Crippen LogP contribution is 2.29. The first-order valence-corrected chi connectivity index (χ1v) is 9.83. The SMILES string of the molecule is CSc1ccc(CN(C)CC(=O)N[C@H]2CCC[C@@H](C)[C@H]2C)cc1. The van der Waals surface area contributed by atoms with E-state index in [0.717, 1.165) is 13.0 Å². The molecule has 23 heavy (non-hydrogen) atoms. The molecule has 0 bridgehead atoms. The average Bonchev–Trinajstić information content (AvgIpc) is 2.52. The Morgan fingerprint density at radius 3 is 2.61 bits per heavy atom. The average molecular weight is 335 g/mol. The van der Waals surface area contributed by atoms with E-state index < -0.39 is 0 Å². The Bertz CT molecular complexity index is 503. The van der Waals surface area contributed by atoms with E-state index in [2.05, 4.69) is 54.6 Å². The zero-order valence-electron chi connectivity index (χ0n) is 14.8. The third-order valence-electron chi connectivity index (χ3n) is 5.08. The van der Waals surface area contributed by atoms with E-state index in [1.54, 1.807) is 11.8 Å². The van der Waals surface area contributed by atoms with E-state index in [-0.39, 0.29) is 5.91 Å². The fraction of sp³-hybridized carbons (Fsp3) is 0.632. The number of rotatable bonds is 6. The first-order chi connectivity index (χ1) is 11.0. The summed E-state index contributed by atoms with van der Waals surface area (Å²) < 4.78 is 0. The van der Waals surface area contributed by atoms with Gasteiger partial charge in [0.05, 0.1) is 6.54 Å². The predicted octanol–water partition coefficient (Wildman–Crippen LogP) is 3.78. The fourth-order valence-electron chi connectivity index (χ4n) is 3.38. The Balaban J connectivity index is 1.79. The Morgan fingerprint density at radius 2 is 1.96 bits per heavy atom. The molecule has 1 saturated carbocycles. The summed E-state index contributed by atoms with van der Waals surface area (Å²) in [6, 6.07) is 8.91. The minimum absolute atomic E-state index is 0.152. The van der Waals surface area contributed by atoms with Crippen LogP contribution in [0.1, 0.15) is 38.7 Å². The summed E-state index contributed by atoms with van der Waals surface area (Å²) in [5.74, 6) is 1.44. The molecule has 0 aliphatic heterocycles. The molecule has 128 valence electrons. The van der Waals surface area contributed by atoms with Gasteiger partial charge in [0.15, 0.2) is 0 Å². The van der Waals surface area contributed by atoms with Crippen molar-refractivity contribution in [2.75, 3.05) is 19.8 Å². The lowest BCUT2D eigenvalue weighted by Gasteiger charge is -2.35. The molecule has 0 saturated heterocycles. The van der Waals surface area contributed by atoms with Crippen LogP contribution in [0.4, 0.5) is 0 Å². The van der Waals surface area contributed by atoms with Crippen molar-refractivity contribution in [3.8, 4) is 0 Å². The number of carbonyl (C=O) groups is 1. The van der Waals surface area contributed by atoms with Crippen LogP contribution in [0.5, 0.6) is 0 Å². The molecular formula is C19H30N2OS. The second-order valence-electron chi connectivity index (χ2n) is 6.96. The van der Waals surface area contributed by atoms with Crippen molar-refractivity contribution in [3.63, 3.8) is 0 Å². The van der Waals surface area contributed by atoms with Gasteiger partial charge in [-0.2, -0.15) is 0 Å². The molecule has 1 aliphatic rings. The minimum atomic E-state index is 0.152. The van der Waals surface area contributed by atoms with Crippen LogP contribution in [0, 0.1) is 11.8 Å². The Labute approximate surface area is 145 Å². The molecule has 0 spiro atoms. The number of hydrogen-bond donors (Lipinski definition) is 1. The minimum Gasteiger partial charge on any atom is -0.352 e. The largest absolute Gasteiger partial charge is 0.352 e. The maximum atomic E-state index is 12.3. The van der Waals surface area contributed by atoms with E-state index in [4.69, 9.17) is 0 Å². The van der Waals surface area contributed by atoms with Gasteiger partial charge in [-0.15, -0.1) is 11.8 Å². The van der Waals surface area contributed by atoms with Crippen molar-refractivity contribution in [1.29, 1.82) is 0 Å². The van der Waals surface area contributed by atoms with Gasteiger partial charge in [-0.1, -0.05) is 38.8 Å². The smallest absolute Gasteiger partial charge is 0.234 e. The molecule has 1 fully saturated rings. The van der Waals surface area contributed by atoms with Crippen LogP contribution >= 0.6 is 11.8 Å². The second kappa shape index (κ2) is 8.74. The number of hydrogen-bond acceptors (Lipinski definition) is 3. The standard InChI is InChI=1S/C19H30N2OS/c1-14-6-5-7-18(15(14)2)20-19(22)13-21(3)12-16-8-10-17(23-4)11-9-16/h8-11,14-15,18H,5-7,12-13H2,1-4H3,(H,20,22)/t14-,15-,18+/m1/s1. The van der Waals surface area contributed by atoms with Crippen LogP contribution in [-0.2, 0) is 11.3 Å². The van der Waals surface area contributed by atoms with Crippen molar-refractivity contribution in [2.24, 2.45) is 11.8 Å². The van der Waals surface area contributed by atoms with Gasteiger partial charge in [0.25, 0.3) is 0 Å².